The van der Waals surface area contributed by atoms with Crippen LogP contribution in [0.4, 0.5) is 0 Å². The molecule has 6 heteroatoms. The maximum Gasteiger partial charge on any atom is 0.361 e. The number of benzene rings is 1. The summed E-state index contributed by atoms with van der Waals surface area (Å²) in [6.45, 7) is 7.19. The molecule has 6 N–H and O–H groups in total. The van der Waals surface area contributed by atoms with Crippen molar-refractivity contribution < 1.29 is 14.3 Å². The lowest BCUT2D eigenvalue weighted by molar-refractivity contribution is -0.140. The number of allylic oxidation sites excluding steroid dienone is 1. The fourth-order valence-corrected chi connectivity index (χ4v) is 1.14. The topological polar surface area (TPSA) is 114 Å². The minimum absolute atomic E-state index is 0.243. The quantitative estimate of drug-likeness (QED) is 0.308. The van der Waals surface area contributed by atoms with Gasteiger partial charge < -0.3 is 9.47 Å². The summed E-state index contributed by atoms with van der Waals surface area (Å²) in [6, 6.07) is 4.85. The zero-order chi connectivity index (χ0) is 13.9. The first-order chi connectivity index (χ1) is 8.20. The molecule has 0 aliphatic heterocycles. The van der Waals surface area contributed by atoms with Crippen LogP contribution in [-0.4, -0.2) is 11.8 Å². The maximum absolute atomic E-state index is 11.4. The van der Waals surface area contributed by atoms with E-state index in [1.165, 1.54) is 6.07 Å². The second-order valence-electron chi connectivity index (χ2n) is 4.05. The monoisotopic (exact) mass is 251 g/mol. The van der Waals surface area contributed by atoms with E-state index in [0.29, 0.717) is 11.5 Å². The van der Waals surface area contributed by atoms with E-state index in [1.807, 2.05) is 6.92 Å². The molecular formula is C12H17N3O3. The normalized spacial score (nSPS) is 10.9. The second-order valence-corrected chi connectivity index (χ2v) is 4.05. The zero-order valence-electron chi connectivity index (χ0n) is 10.4. The van der Waals surface area contributed by atoms with Crippen molar-refractivity contribution in [3.63, 3.8) is 0 Å². The van der Waals surface area contributed by atoms with Crippen LogP contribution in [0.15, 0.2) is 30.5 Å². The summed E-state index contributed by atoms with van der Waals surface area (Å²) in [4.78, 5) is 11.4. The molecule has 0 radical (unpaired) electrons. The van der Waals surface area contributed by atoms with E-state index in [2.05, 4.69) is 6.58 Å². The summed E-state index contributed by atoms with van der Waals surface area (Å²) < 4.78 is 10.3. The van der Waals surface area contributed by atoms with Gasteiger partial charge in [-0.3, -0.25) is 17.2 Å². The molecule has 0 bridgehead atoms. The van der Waals surface area contributed by atoms with E-state index < -0.39 is 11.8 Å². The third-order valence-corrected chi connectivity index (χ3v) is 2.01. The average Bonchev–Trinajstić information content (AvgIpc) is 2.20. The number of aryl methyl sites for hydroxylation is 1. The van der Waals surface area contributed by atoms with Crippen LogP contribution in [0.3, 0.4) is 0 Å². The SMILES string of the molecule is C=C(C)Oc1cc(OC(=O)C(N)(N)N)ccc1C. The third-order valence-electron chi connectivity index (χ3n) is 2.01. The molecule has 6 nitrogen and oxygen atoms in total. The van der Waals surface area contributed by atoms with Gasteiger partial charge in [0.1, 0.15) is 11.5 Å². The highest BCUT2D eigenvalue weighted by molar-refractivity contribution is 5.81. The molecule has 0 unspecified atom stereocenters. The predicted molar refractivity (Wildman–Crippen MR) is 67.5 cm³/mol. The van der Waals surface area contributed by atoms with Gasteiger partial charge in [-0.15, -0.1) is 0 Å². The second kappa shape index (κ2) is 5.18. The molecule has 0 amide bonds. The van der Waals surface area contributed by atoms with Crippen LogP contribution in [0.1, 0.15) is 12.5 Å². The fourth-order valence-electron chi connectivity index (χ4n) is 1.14. The highest BCUT2D eigenvalue weighted by Crippen LogP contribution is 2.25. The van der Waals surface area contributed by atoms with Gasteiger partial charge >= 0.3 is 5.97 Å². The van der Waals surface area contributed by atoms with Crippen LogP contribution in [0.25, 0.3) is 0 Å². The summed E-state index contributed by atoms with van der Waals surface area (Å²) in [7, 11) is 0. The summed E-state index contributed by atoms with van der Waals surface area (Å²) >= 11 is 0. The van der Waals surface area contributed by atoms with Gasteiger partial charge in [0.15, 0.2) is 0 Å². The number of rotatable bonds is 4. The highest BCUT2D eigenvalue weighted by atomic mass is 16.5. The first kappa shape index (κ1) is 14.2. The van der Waals surface area contributed by atoms with Crippen LogP contribution in [-0.2, 0) is 4.79 Å². The van der Waals surface area contributed by atoms with Gasteiger partial charge in [0.05, 0.1) is 5.76 Å². The predicted octanol–water partition coefficient (Wildman–Crippen LogP) is 0.343. The Labute approximate surface area is 105 Å². The average molecular weight is 251 g/mol. The van der Waals surface area contributed by atoms with Crippen molar-refractivity contribution in [1.29, 1.82) is 0 Å². The highest BCUT2D eigenvalue weighted by Gasteiger charge is 2.26. The lowest BCUT2D eigenvalue weighted by Crippen LogP contribution is -2.65. The van der Waals surface area contributed by atoms with E-state index in [1.54, 1.807) is 19.1 Å². The maximum atomic E-state index is 11.4. The van der Waals surface area contributed by atoms with Crippen molar-refractivity contribution >= 4 is 5.97 Å². The number of hydrogen-bond acceptors (Lipinski definition) is 6. The molecule has 0 saturated carbocycles. The molecule has 1 rings (SSSR count). The summed E-state index contributed by atoms with van der Waals surface area (Å²) in [6.07, 6.45) is 0. The van der Waals surface area contributed by atoms with Gasteiger partial charge in [-0.1, -0.05) is 12.6 Å². The molecule has 1 aromatic rings. The van der Waals surface area contributed by atoms with Crippen molar-refractivity contribution in [2.75, 3.05) is 0 Å². The number of hydrogen-bond donors (Lipinski definition) is 3. The lowest BCUT2D eigenvalue weighted by Gasteiger charge is -2.17. The summed E-state index contributed by atoms with van der Waals surface area (Å²) in [5.74, 6) is -1.67. The van der Waals surface area contributed by atoms with Crippen molar-refractivity contribution in [1.82, 2.24) is 0 Å². The molecule has 0 aliphatic rings. The first-order valence-electron chi connectivity index (χ1n) is 5.23. The van der Waals surface area contributed by atoms with Gasteiger partial charge in [0, 0.05) is 6.07 Å². The largest absolute Gasteiger partial charge is 0.462 e. The molecule has 0 fully saturated rings. The number of nitrogens with two attached hydrogens (primary N) is 3. The molecule has 0 atom stereocenters. The number of carbonyl (C=O) groups is 1. The van der Waals surface area contributed by atoms with E-state index in [-0.39, 0.29) is 5.75 Å². The fraction of sp³-hybridized carbons (Fsp3) is 0.250. The molecule has 98 valence electrons. The van der Waals surface area contributed by atoms with E-state index >= 15 is 0 Å². The number of ether oxygens (including phenoxy) is 2. The van der Waals surface area contributed by atoms with Crippen LogP contribution in [0, 0.1) is 6.92 Å². The number of esters is 1. The van der Waals surface area contributed by atoms with Gasteiger partial charge in [-0.25, -0.2) is 4.79 Å². The van der Waals surface area contributed by atoms with Gasteiger partial charge in [-0.05, 0) is 25.5 Å². The third kappa shape index (κ3) is 3.85. The Kier molecular flexibility index (Phi) is 4.07. The van der Waals surface area contributed by atoms with Crippen molar-refractivity contribution in [3.05, 3.63) is 36.1 Å². The first-order valence-corrected chi connectivity index (χ1v) is 5.23. The minimum Gasteiger partial charge on any atom is -0.462 e. The Hall–Kier alpha value is -1.89. The summed E-state index contributed by atoms with van der Waals surface area (Å²) in [5, 5.41) is 0. The van der Waals surface area contributed by atoms with Crippen LogP contribution in [0.5, 0.6) is 11.5 Å². The standard InChI is InChI=1S/C12H17N3O3/c1-7(2)17-10-6-9(5-4-8(10)3)18-11(16)12(13,14)15/h4-6H,1,13-15H2,2-3H3. The van der Waals surface area contributed by atoms with Crippen molar-refractivity contribution in [2.24, 2.45) is 17.2 Å². The molecule has 0 aliphatic carbocycles. The Morgan fingerprint density at radius 2 is 1.89 bits per heavy atom. The molecule has 0 heterocycles. The minimum atomic E-state index is -2.03. The smallest absolute Gasteiger partial charge is 0.361 e. The lowest BCUT2D eigenvalue weighted by atomic mass is 10.2. The van der Waals surface area contributed by atoms with E-state index in [0.717, 1.165) is 5.56 Å². The Balaban J connectivity index is 2.92. The Bertz CT molecular complexity index is 478. The van der Waals surface area contributed by atoms with E-state index in [9.17, 15) is 4.79 Å². The van der Waals surface area contributed by atoms with Gasteiger partial charge in [-0.2, -0.15) is 0 Å². The van der Waals surface area contributed by atoms with Gasteiger partial charge in [0.2, 0.25) is 5.79 Å². The van der Waals surface area contributed by atoms with Crippen LogP contribution in [0.2, 0.25) is 0 Å². The molecule has 0 aromatic heterocycles. The molecule has 0 saturated heterocycles. The Morgan fingerprint density at radius 3 is 2.39 bits per heavy atom. The van der Waals surface area contributed by atoms with Gasteiger partial charge in [0.25, 0.3) is 0 Å². The molecule has 18 heavy (non-hydrogen) atoms. The number of carbonyl (C=O) groups excluding carboxylic acids is 1. The van der Waals surface area contributed by atoms with Crippen molar-refractivity contribution in [2.45, 2.75) is 19.6 Å². The van der Waals surface area contributed by atoms with E-state index in [4.69, 9.17) is 26.7 Å². The molecule has 0 spiro atoms. The Morgan fingerprint density at radius 1 is 1.28 bits per heavy atom. The molecule has 1 aromatic carbocycles. The van der Waals surface area contributed by atoms with Crippen LogP contribution < -0.4 is 26.7 Å². The zero-order valence-corrected chi connectivity index (χ0v) is 10.4. The van der Waals surface area contributed by atoms with Crippen molar-refractivity contribution in [3.8, 4) is 11.5 Å². The van der Waals surface area contributed by atoms with Crippen LogP contribution >= 0.6 is 0 Å². The molecular weight excluding hydrogens is 234 g/mol. The summed E-state index contributed by atoms with van der Waals surface area (Å²) in [5.41, 5.74) is 16.5.